The Labute approximate surface area is 123 Å². The van der Waals surface area contributed by atoms with Gasteiger partial charge in [-0.15, -0.1) is 0 Å². The van der Waals surface area contributed by atoms with E-state index >= 15 is 0 Å². The molecule has 1 aromatic carbocycles. The Hall–Kier alpha value is -2.02. The summed E-state index contributed by atoms with van der Waals surface area (Å²) in [6.07, 6.45) is -4.58. The maximum absolute atomic E-state index is 12.9. The molecule has 1 heterocycles. The largest absolute Gasteiger partial charge is 0.417 e. The van der Waals surface area contributed by atoms with Crippen molar-refractivity contribution in [2.45, 2.75) is 20.0 Å². The molecule has 0 aliphatic carbocycles. The van der Waals surface area contributed by atoms with Gasteiger partial charge in [0.2, 0.25) is 0 Å². The van der Waals surface area contributed by atoms with Crippen molar-refractivity contribution in [2.75, 3.05) is 0 Å². The number of nitrogens with two attached hydrogens (primary N) is 1. The average molecular weight is 317 g/mol. The molecule has 0 unspecified atom stereocenters. The topological polar surface area (TPSA) is 67.7 Å². The van der Waals surface area contributed by atoms with Gasteiger partial charge >= 0.3 is 6.18 Å². The third kappa shape index (κ3) is 2.73. The summed E-state index contributed by atoms with van der Waals surface area (Å²) in [5, 5.41) is 11.9. The lowest BCUT2D eigenvalue weighted by Gasteiger charge is -2.14. The molecule has 0 saturated heterocycles. The molecule has 3 N–H and O–H groups in total. The first-order valence-corrected chi connectivity index (χ1v) is 6.28. The molecular formula is C13H12ClF3N4. The molecule has 0 atom stereocenters. The summed E-state index contributed by atoms with van der Waals surface area (Å²) in [7, 11) is 0. The summed E-state index contributed by atoms with van der Waals surface area (Å²) in [5.41, 5.74) is 5.45. The molecule has 2 rings (SSSR count). The molecule has 0 radical (unpaired) electrons. The van der Waals surface area contributed by atoms with Crippen molar-refractivity contribution in [2.24, 2.45) is 5.73 Å². The Balaban J connectivity index is 2.65. The van der Waals surface area contributed by atoms with Crippen LogP contribution in [-0.4, -0.2) is 15.6 Å². The van der Waals surface area contributed by atoms with Crippen molar-refractivity contribution in [3.63, 3.8) is 0 Å². The Morgan fingerprint density at radius 3 is 2.38 bits per heavy atom. The van der Waals surface area contributed by atoms with Gasteiger partial charge in [-0.05, 0) is 32.0 Å². The fourth-order valence-corrected chi connectivity index (χ4v) is 2.13. The number of rotatable bonds is 2. The molecule has 0 amide bonds. The number of hydrogen-bond donors (Lipinski definition) is 2. The van der Waals surface area contributed by atoms with E-state index in [1.54, 1.807) is 13.8 Å². The third-order valence-electron chi connectivity index (χ3n) is 3.05. The monoisotopic (exact) mass is 316 g/mol. The highest BCUT2D eigenvalue weighted by Crippen LogP contribution is 2.33. The molecule has 0 bridgehead atoms. The van der Waals surface area contributed by atoms with Gasteiger partial charge in [0.05, 0.1) is 27.7 Å². The van der Waals surface area contributed by atoms with E-state index in [-0.39, 0.29) is 5.56 Å². The number of nitrogens with zero attached hydrogens (tertiary/aromatic N) is 2. The van der Waals surface area contributed by atoms with Crippen LogP contribution in [0.1, 0.15) is 22.5 Å². The summed E-state index contributed by atoms with van der Waals surface area (Å²) in [5.74, 6) is -0.656. The minimum atomic E-state index is -4.58. The summed E-state index contributed by atoms with van der Waals surface area (Å²) in [6, 6.07) is 3.34. The third-order valence-corrected chi connectivity index (χ3v) is 3.59. The van der Waals surface area contributed by atoms with Crippen LogP contribution in [0.5, 0.6) is 0 Å². The predicted molar refractivity (Wildman–Crippen MR) is 74.1 cm³/mol. The molecule has 0 fully saturated rings. The number of halogens is 4. The van der Waals surface area contributed by atoms with E-state index < -0.39 is 17.6 Å². The standard InChI is InChI=1S/C13H12ClF3N4/c1-6-11(14)7(2)21(20-6)8-3-4-10(13(15,16)17)9(5-8)12(18)19/h3-5H,1-2H3,(H3,18,19). The zero-order chi connectivity index (χ0) is 15.9. The Bertz CT molecular complexity index is 719. The Morgan fingerprint density at radius 2 is 1.95 bits per heavy atom. The van der Waals surface area contributed by atoms with Crippen LogP contribution in [0.3, 0.4) is 0 Å². The van der Waals surface area contributed by atoms with Gasteiger partial charge in [-0.2, -0.15) is 18.3 Å². The zero-order valence-electron chi connectivity index (χ0n) is 11.2. The van der Waals surface area contributed by atoms with Gasteiger partial charge in [0.25, 0.3) is 0 Å². The predicted octanol–water partition coefficient (Wildman–Crippen LogP) is 3.45. The first-order chi connectivity index (χ1) is 9.62. The first kappa shape index (κ1) is 15.4. The van der Waals surface area contributed by atoms with Gasteiger partial charge in [0.1, 0.15) is 5.84 Å². The van der Waals surface area contributed by atoms with Crippen molar-refractivity contribution in [1.82, 2.24) is 9.78 Å². The summed E-state index contributed by atoms with van der Waals surface area (Å²) in [6.45, 7) is 3.40. The molecule has 0 spiro atoms. The maximum Gasteiger partial charge on any atom is 0.417 e. The summed E-state index contributed by atoms with van der Waals surface area (Å²) in [4.78, 5) is 0. The number of benzene rings is 1. The highest BCUT2D eigenvalue weighted by atomic mass is 35.5. The molecule has 8 heteroatoms. The van der Waals surface area contributed by atoms with Crippen LogP contribution in [0.2, 0.25) is 5.02 Å². The quantitative estimate of drug-likeness (QED) is 0.658. The van der Waals surface area contributed by atoms with E-state index in [2.05, 4.69) is 5.10 Å². The molecule has 0 aliphatic heterocycles. The molecule has 112 valence electrons. The van der Waals surface area contributed by atoms with Crippen molar-refractivity contribution >= 4 is 17.4 Å². The number of amidine groups is 1. The average Bonchev–Trinajstić information content (AvgIpc) is 2.64. The highest BCUT2D eigenvalue weighted by molar-refractivity contribution is 6.31. The second-order valence-electron chi connectivity index (χ2n) is 4.54. The maximum atomic E-state index is 12.9. The SMILES string of the molecule is Cc1nn(-c2ccc(C(F)(F)F)c(C(=N)N)c2)c(C)c1Cl. The van der Waals surface area contributed by atoms with Crippen LogP contribution in [0.25, 0.3) is 5.69 Å². The van der Waals surface area contributed by atoms with Crippen LogP contribution in [0.4, 0.5) is 13.2 Å². The van der Waals surface area contributed by atoms with E-state index in [9.17, 15) is 13.2 Å². The fourth-order valence-electron chi connectivity index (χ4n) is 2.01. The van der Waals surface area contributed by atoms with Crippen LogP contribution in [0.15, 0.2) is 18.2 Å². The second kappa shape index (κ2) is 5.07. The van der Waals surface area contributed by atoms with E-state index in [1.807, 2.05) is 0 Å². The number of hydrogen-bond acceptors (Lipinski definition) is 2. The van der Waals surface area contributed by atoms with Crippen LogP contribution < -0.4 is 5.73 Å². The molecule has 21 heavy (non-hydrogen) atoms. The van der Waals surface area contributed by atoms with Gasteiger partial charge in [-0.3, -0.25) is 5.41 Å². The highest BCUT2D eigenvalue weighted by Gasteiger charge is 2.34. The summed E-state index contributed by atoms with van der Waals surface area (Å²) < 4.78 is 40.1. The minimum Gasteiger partial charge on any atom is -0.384 e. The zero-order valence-corrected chi connectivity index (χ0v) is 12.0. The van der Waals surface area contributed by atoms with Gasteiger partial charge in [-0.1, -0.05) is 11.6 Å². The van der Waals surface area contributed by atoms with Gasteiger partial charge < -0.3 is 5.73 Å². The van der Waals surface area contributed by atoms with Crippen molar-refractivity contribution in [3.05, 3.63) is 45.7 Å². The lowest BCUT2D eigenvalue weighted by atomic mass is 10.1. The molecule has 4 nitrogen and oxygen atoms in total. The normalized spacial score (nSPS) is 11.7. The molecule has 0 saturated carbocycles. The molecule has 0 aliphatic rings. The number of alkyl halides is 3. The van der Waals surface area contributed by atoms with Crippen LogP contribution in [0, 0.1) is 19.3 Å². The number of nitrogen functional groups attached to an aromatic ring is 1. The Kier molecular flexibility index (Phi) is 3.71. The van der Waals surface area contributed by atoms with Crippen LogP contribution >= 0.6 is 11.6 Å². The smallest absolute Gasteiger partial charge is 0.384 e. The number of nitrogens with one attached hydrogen (secondary N) is 1. The van der Waals surface area contributed by atoms with Gasteiger partial charge in [0.15, 0.2) is 0 Å². The summed E-state index contributed by atoms with van der Waals surface area (Å²) >= 11 is 6.02. The van der Waals surface area contributed by atoms with Crippen LogP contribution in [-0.2, 0) is 6.18 Å². The lowest BCUT2D eigenvalue weighted by Crippen LogP contribution is -2.19. The van der Waals surface area contributed by atoms with E-state index in [1.165, 1.54) is 16.8 Å². The first-order valence-electron chi connectivity index (χ1n) is 5.90. The van der Waals surface area contributed by atoms with Crippen molar-refractivity contribution in [1.29, 1.82) is 5.41 Å². The van der Waals surface area contributed by atoms with Gasteiger partial charge in [-0.25, -0.2) is 4.68 Å². The van der Waals surface area contributed by atoms with Crippen molar-refractivity contribution in [3.8, 4) is 5.69 Å². The number of aryl methyl sites for hydroxylation is 1. The number of aromatic nitrogens is 2. The van der Waals surface area contributed by atoms with Crippen molar-refractivity contribution < 1.29 is 13.2 Å². The molecular weight excluding hydrogens is 305 g/mol. The lowest BCUT2D eigenvalue weighted by molar-refractivity contribution is -0.137. The second-order valence-corrected chi connectivity index (χ2v) is 4.92. The Morgan fingerprint density at radius 1 is 1.33 bits per heavy atom. The van der Waals surface area contributed by atoms with E-state index in [0.717, 1.165) is 6.07 Å². The minimum absolute atomic E-state index is 0.362. The van der Waals surface area contributed by atoms with E-state index in [0.29, 0.717) is 22.1 Å². The molecule has 2 aromatic rings. The fraction of sp³-hybridized carbons (Fsp3) is 0.231. The van der Waals surface area contributed by atoms with Gasteiger partial charge in [0, 0.05) is 5.56 Å². The van der Waals surface area contributed by atoms with E-state index in [4.69, 9.17) is 22.7 Å². The molecule has 1 aromatic heterocycles.